The Morgan fingerprint density at radius 2 is 2.11 bits per heavy atom. The molecule has 100 valence electrons. The van der Waals surface area contributed by atoms with Gasteiger partial charge in [-0.2, -0.15) is 0 Å². The number of hydrogen-bond donors (Lipinski definition) is 1. The number of pyridine rings is 1. The Hall–Kier alpha value is -1.88. The van der Waals surface area contributed by atoms with Crippen LogP contribution in [-0.4, -0.2) is 39.1 Å². The van der Waals surface area contributed by atoms with E-state index >= 15 is 0 Å². The summed E-state index contributed by atoms with van der Waals surface area (Å²) >= 11 is 0. The molecule has 2 N–H and O–H groups in total. The highest BCUT2D eigenvalue weighted by Gasteiger charge is 2.23. The van der Waals surface area contributed by atoms with Crippen LogP contribution in [0.25, 0.3) is 0 Å². The van der Waals surface area contributed by atoms with Crippen molar-refractivity contribution in [2.45, 2.75) is 18.9 Å². The van der Waals surface area contributed by atoms with E-state index in [0.29, 0.717) is 11.7 Å². The number of rotatable bonds is 4. The maximum absolute atomic E-state index is 5.61. The molecule has 1 saturated heterocycles. The monoisotopic (exact) mass is 257 g/mol. The molecule has 0 amide bonds. The summed E-state index contributed by atoms with van der Waals surface area (Å²) in [5.74, 6) is 1.24. The number of imidazole rings is 1. The van der Waals surface area contributed by atoms with Crippen LogP contribution < -0.4 is 5.73 Å². The summed E-state index contributed by atoms with van der Waals surface area (Å²) in [6.07, 6.45) is 8.68. The normalized spacial score (nSPS) is 19.9. The Balaban J connectivity index is 1.52. The number of nitrogen functional groups attached to an aromatic ring is 1. The van der Waals surface area contributed by atoms with Crippen LogP contribution in [0.3, 0.4) is 0 Å². The second-order valence-electron chi connectivity index (χ2n) is 5.10. The molecule has 1 aliphatic heterocycles. The number of nitrogens with zero attached hydrogens (tertiary/aromatic N) is 4. The van der Waals surface area contributed by atoms with E-state index < -0.39 is 0 Å². The van der Waals surface area contributed by atoms with Gasteiger partial charge in [-0.25, -0.2) is 4.98 Å². The van der Waals surface area contributed by atoms with Crippen LogP contribution >= 0.6 is 0 Å². The van der Waals surface area contributed by atoms with Crippen LogP contribution in [0.2, 0.25) is 0 Å². The van der Waals surface area contributed by atoms with E-state index in [1.54, 1.807) is 6.33 Å². The molecule has 2 aromatic rings. The predicted octanol–water partition coefficient (Wildman–Crippen LogP) is 1.35. The Morgan fingerprint density at radius 1 is 1.26 bits per heavy atom. The fraction of sp³-hybridized carbons (Fsp3) is 0.429. The van der Waals surface area contributed by atoms with Gasteiger partial charge in [-0.15, -0.1) is 0 Å². The molecule has 3 rings (SSSR count). The SMILES string of the molecule is Nc1cn(CCN2CCC(c3ccncc3)C2)cn1. The van der Waals surface area contributed by atoms with Crippen molar-refractivity contribution in [2.75, 3.05) is 25.4 Å². The van der Waals surface area contributed by atoms with E-state index in [-0.39, 0.29) is 0 Å². The van der Waals surface area contributed by atoms with Gasteiger partial charge in [0.25, 0.3) is 0 Å². The third kappa shape index (κ3) is 2.93. The summed E-state index contributed by atoms with van der Waals surface area (Å²) in [6.45, 7) is 4.30. The smallest absolute Gasteiger partial charge is 0.141 e. The molecule has 2 aromatic heterocycles. The summed E-state index contributed by atoms with van der Waals surface area (Å²) in [4.78, 5) is 10.6. The maximum atomic E-state index is 5.61. The molecule has 1 unspecified atom stereocenters. The quantitative estimate of drug-likeness (QED) is 0.898. The highest BCUT2D eigenvalue weighted by Crippen LogP contribution is 2.26. The van der Waals surface area contributed by atoms with Gasteiger partial charge in [0.05, 0.1) is 6.33 Å². The van der Waals surface area contributed by atoms with Gasteiger partial charge in [0, 0.05) is 38.2 Å². The first-order chi connectivity index (χ1) is 9.31. The van der Waals surface area contributed by atoms with Crippen LogP contribution in [0.15, 0.2) is 37.1 Å². The van der Waals surface area contributed by atoms with E-state index in [1.165, 1.54) is 12.0 Å². The topological polar surface area (TPSA) is 60.0 Å². The second kappa shape index (κ2) is 5.40. The fourth-order valence-electron chi connectivity index (χ4n) is 2.70. The first kappa shape index (κ1) is 12.2. The Labute approximate surface area is 113 Å². The third-order valence-corrected chi connectivity index (χ3v) is 3.78. The predicted molar refractivity (Wildman–Crippen MR) is 74.7 cm³/mol. The van der Waals surface area contributed by atoms with E-state index in [0.717, 1.165) is 26.2 Å². The van der Waals surface area contributed by atoms with E-state index in [1.807, 2.05) is 18.6 Å². The van der Waals surface area contributed by atoms with Crippen molar-refractivity contribution in [2.24, 2.45) is 0 Å². The minimum Gasteiger partial charge on any atom is -0.382 e. The minimum absolute atomic E-state index is 0.594. The van der Waals surface area contributed by atoms with Crippen molar-refractivity contribution in [3.8, 4) is 0 Å². The van der Waals surface area contributed by atoms with Crippen molar-refractivity contribution in [1.29, 1.82) is 0 Å². The van der Waals surface area contributed by atoms with Crippen molar-refractivity contribution in [3.05, 3.63) is 42.6 Å². The molecular formula is C14H19N5. The zero-order valence-electron chi connectivity index (χ0n) is 10.9. The van der Waals surface area contributed by atoms with Gasteiger partial charge in [-0.1, -0.05) is 0 Å². The number of hydrogen-bond acceptors (Lipinski definition) is 4. The molecule has 0 aromatic carbocycles. The fourth-order valence-corrected chi connectivity index (χ4v) is 2.70. The van der Waals surface area contributed by atoms with E-state index in [9.17, 15) is 0 Å². The summed E-state index contributed by atoms with van der Waals surface area (Å²) in [7, 11) is 0. The lowest BCUT2D eigenvalue weighted by Crippen LogP contribution is -2.24. The van der Waals surface area contributed by atoms with Gasteiger partial charge < -0.3 is 15.2 Å². The van der Waals surface area contributed by atoms with Crippen molar-refractivity contribution in [1.82, 2.24) is 19.4 Å². The molecule has 0 spiro atoms. The number of likely N-dealkylation sites (tertiary alicyclic amines) is 1. The van der Waals surface area contributed by atoms with E-state index in [2.05, 4.69) is 31.6 Å². The standard InChI is InChI=1S/C14H19N5/c15-14-10-19(11-17-14)8-7-18-6-3-13(9-18)12-1-4-16-5-2-12/h1-2,4-5,10-11,13H,3,6-9,15H2. The number of nitrogens with two attached hydrogens (primary N) is 1. The highest BCUT2D eigenvalue weighted by molar-refractivity contribution is 5.22. The first-order valence-corrected chi connectivity index (χ1v) is 6.71. The van der Waals surface area contributed by atoms with Crippen molar-refractivity contribution < 1.29 is 0 Å². The molecular weight excluding hydrogens is 238 g/mol. The van der Waals surface area contributed by atoms with E-state index in [4.69, 9.17) is 5.73 Å². The lowest BCUT2D eigenvalue weighted by molar-refractivity contribution is 0.318. The van der Waals surface area contributed by atoms with Crippen LogP contribution in [0, 0.1) is 0 Å². The summed E-state index contributed by atoms with van der Waals surface area (Å²) < 4.78 is 2.05. The van der Waals surface area contributed by atoms with Gasteiger partial charge in [0.1, 0.15) is 5.82 Å². The second-order valence-corrected chi connectivity index (χ2v) is 5.10. The van der Waals surface area contributed by atoms with Gasteiger partial charge in [-0.05, 0) is 36.6 Å². The molecule has 3 heterocycles. The molecule has 0 bridgehead atoms. The highest BCUT2D eigenvalue weighted by atomic mass is 15.2. The van der Waals surface area contributed by atoms with Crippen LogP contribution in [0.1, 0.15) is 17.9 Å². The average Bonchev–Trinajstić information content (AvgIpc) is 3.06. The van der Waals surface area contributed by atoms with Crippen LogP contribution in [0.5, 0.6) is 0 Å². The largest absolute Gasteiger partial charge is 0.382 e. The molecule has 0 saturated carbocycles. The number of aromatic nitrogens is 3. The maximum Gasteiger partial charge on any atom is 0.141 e. The Morgan fingerprint density at radius 3 is 2.84 bits per heavy atom. The molecule has 0 aliphatic carbocycles. The van der Waals surface area contributed by atoms with Gasteiger partial charge in [-0.3, -0.25) is 4.98 Å². The van der Waals surface area contributed by atoms with Gasteiger partial charge in [0.2, 0.25) is 0 Å². The molecule has 5 nitrogen and oxygen atoms in total. The van der Waals surface area contributed by atoms with Gasteiger partial charge >= 0.3 is 0 Å². The number of anilines is 1. The minimum atomic E-state index is 0.594. The van der Waals surface area contributed by atoms with Crippen LogP contribution in [0.4, 0.5) is 5.82 Å². The molecule has 1 atom stereocenters. The average molecular weight is 257 g/mol. The Kier molecular flexibility index (Phi) is 3.46. The summed E-state index contributed by atoms with van der Waals surface area (Å²) in [5, 5.41) is 0. The molecule has 1 aliphatic rings. The zero-order valence-corrected chi connectivity index (χ0v) is 10.9. The zero-order chi connectivity index (χ0) is 13.1. The van der Waals surface area contributed by atoms with Crippen LogP contribution in [-0.2, 0) is 6.54 Å². The summed E-state index contributed by atoms with van der Waals surface area (Å²) in [5.41, 5.74) is 7.02. The molecule has 5 heteroatoms. The first-order valence-electron chi connectivity index (χ1n) is 6.71. The van der Waals surface area contributed by atoms with Crippen molar-refractivity contribution in [3.63, 3.8) is 0 Å². The lowest BCUT2D eigenvalue weighted by atomic mass is 10.00. The molecule has 0 radical (unpaired) electrons. The Bertz CT molecular complexity index is 522. The third-order valence-electron chi connectivity index (χ3n) is 3.78. The summed E-state index contributed by atoms with van der Waals surface area (Å²) in [6, 6.07) is 4.26. The molecule has 1 fully saturated rings. The van der Waals surface area contributed by atoms with Gasteiger partial charge in [0.15, 0.2) is 0 Å². The van der Waals surface area contributed by atoms with Crippen molar-refractivity contribution >= 4 is 5.82 Å². The lowest BCUT2D eigenvalue weighted by Gasteiger charge is -2.16. The molecule has 19 heavy (non-hydrogen) atoms.